The highest BCUT2D eigenvalue weighted by Gasteiger charge is 2.28. The molecule has 1 aromatic rings. The second-order valence-electron chi connectivity index (χ2n) is 5.43. The Bertz CT molecular complexity index is 642. The first-order chi connectivity index (χ1) is 10.9. The Labute approximate surface area is 139 Å². The van der Waals surface area contributed by atoms with Crippen LogP contribution < -0.4 is 4.72 Å². The van der Waals surface area contributed by atoms with Crippen LogP contribution in [0.3, 0.4) is 0 Å². The maximum atomic E-state index is 12.3. The van der Waals surface area contributed by atoms with Crippen molar-refractivity contribution in [2.45, 2.75) is 42.4 Å². The highest BCUT2D eigenvalue weighted by molar-refractivity contribution is 7.91. The van der Waals surface area contributed by atoms with Gasteiger partial charge in [0.05, 0.1) is 6.54 Å². The number of hydrogen-bond acceptors (Lipinski definition) is 5. The van der Waals surface area contributed by atoms with Crippen molar-refractivity contribution in [3.8, 4) is 0 Å². The van der Waals surface area contributed by atoms with E-state index >= 15 is 0 Å². The second kappa shape index (κ2) is 7.89. The normalized spacial score (nSPS) is 18.8. The van der Waals surface area contributed by atoms with Gasteiger partial charge in [-0.3, -0.25) is 9.59 Å². The van der Waals surface area contributed by atoms with Crippen molar-refractivity contribution in [3.63, 3.8) is 0 Å². The number of amides is 1. The molecule has 1 aromatic heterocycles. The van der Waals surface area contributed by atoms with Crippen LogP contribution in [0.4, 0.5) is 0 Å². The summed E-state index contributed by atoms with van der Waals surface area (Å²) in [4.78, 5) is 24.7. The summed E-state index contributed by atoms with van der Waals surface area (Å²) in [6.07, 6.45) is 2.98. The third kappa shape index (κ3) is 5.02. The minimum absolute atomic E-state index is 0.00929. The molecule has 0 aromatic carbocycles. The molecule has 1 unspecified atom stereocenters. The van der Waals surface area contributed by atoms with Crippen LogP contribution in [0.15, 0.2) is 21.7 Å². The van der Waals surface area contributed by atoms with Crippen molar-refractivity contribution in [2.24, 2.45) is 0 Å². The number of thiophene rings is 1. The van der Waals surface area contributed by atoms with Crippen LogP contribution in [0.25, 0.3) is 0 Å². The fourth-order valence-corrected chi connectivity index (χ4v) is 4.68. The van der Waals surface area contributed by atoms with E-state index in [4.69, 9.17) is 5.11 Å². The summed E-state index contributed by atoms with van der Waals surface area (Å²) in [7, 11) is -3.67. The Morgan fingerprint density at radius 2 is 2.17 bits per heavy atom. The molecule has 128 valence electrons. The van der Waals surface area contributed by atoms with Gasteiger partial charge < -0.3 is 10.0 Å². The first-order valence-corrected chi connectivity index (χ1v) is 9.81. The molecule has 9 heteroatoms. The first-order valence-electron chi connectivity index (χ1n) is 7.44. The summed E-state index contributed by atoms with van der Waals surface area (Å²) >= 11 is 1.09. The number of nitrogens with zero attached hydrogens (tertiary/aromatic N) is 1. The maximum Gasteiger partial charge on any atom is 0.303 e. The first kappa shape index (κ1) is 17.9. The zero-order chi connectivity index (χ0) is 16.9. The van der Waals surface area contributed by atoms with Crippen molar-refractivity contribution >= 4 is 33.2 Å². The molecule has 2 N–H and O–H groups in total. The monoisotopic (exact) mass is 360 g/mol. The fourth-order valence-electron chi connectivity index (χ4n) is 2.66. The van der Waals surface area contributed by atoms with Crippen molar-refractivity contribution in [1.29, 1.82) is 0 Å². The van der Waals surface area contributed by atoms with Gasteiger partial charge in [-0.1, -0.05) is 6.07 Å². The molecule has 1 amide bonds. The minimum Gasteiger partial charge on any atom is -0.481 e. The molecule has 0 spiro atoms. The number of aliphatic carboxylic acids is 1. The van der Waals surface area contributed by atoms with Crippen LogP contribution in [-0.2, 0) is 19.6 Å². The SMILES string of the molecule is O=C(O)CCC1CCCCN1C(=O)CNS(=O)(=O)c1cccs1. The standard InChI is InChI=1S/C14H20N2O5S2/c17-12(10-15-23(20,21)14-5-3-9-22-14)16-8-2-1-4-11(16)6-7-13(18)19/h3,5,9,11,15H,1-2,4,6-8,10H2,(H,18,19). The zero-order valence-electron chi connectivity index (χ0n) is 12.6. The summed E-state index contributed by atoms with van der Waals surface area (Å²) in [5.74, 6) is -1.19. The molecule has 0 aliphatic carbocycles. The molecule has 0 bridgehead atoms. The van der Waals surface area contributed by atoms with E-state index in [9.17, 15) is 18.0 Å². The number of rotatable bonds is 7. The van der Waals surface area contributed by atoms with Gasteiger partial charge in [0, 0.05) is 19.0 Å². The minimum atomic E-state index is -3.67. The third-order valence-electron chi connectivity index (χ3n) is 3.81. The van der Waals surface area contributed by atoms with Crippen molar-refractivity contribution < 1.29 is 23.1 Å². The van der Waals surface area contributed by atoms with Crippen molar-refractivity contribution in [1.82, 2.24) is 9.62 Å². The molecule has 1 saturated heterocycles. The summed E-state index contributed by atoms with van der Waals surface area (Å²) in [5.41, 5.74) is 0. The van der Waals surface area contributed by atoms with Crippen LogP contribution >= 0.6 is 11.3 Å². The highest BCUT2D eigenvalue weighted by atomic mass is 32.2. The number of carbonyl (C=O) groups is 2. The molecule has 1 aliphatic heterocycles. The van der Waals surface area contributed by atoms with Crippen LogP contribution in [-0.4, -0.2) is 49.4 Å². The molecule has 2 heterocycles. The lowest BCUT2D eigenvalue weighted by atomic mass is 9.98. The van der Waals surface area contributed by atoms with E-state index in [-0.39, 0.29) is 29.1 Å². The lowest BCUT2D eigenvalue weighted by Gasteiger charge is -2.35. The number of nitrogens with one attached hydrogen (secondary N) is 1. The number of hydrogen-bond donors (Lipinski definition) is 2. The Morgan fingerprint density at radius 3 is 2.83 bits per heavy atom. The van der Waals surface area contributed by atoms with Crippen LogP contribution in [0.5, 0.6) is 0 Å². The molecule has 0 saturated carbocycles. The number of carbonyl (C=O) groups excluding carboxylic acids is 1. The van der Waals surface area contributed by atoms with E-state index in [2.05, 4.69) is 4.72 Å². The quantitative estimate of drug-likeness (QED) is 0.762. The number of carboxylic acid groups (broad SMARTS) is 1. The van der Waals surface area contributed by atoms with Gasteiger partial charge in [-0.15, -0.1) is 11.3 Å². The predicted octanol–water partition coefficient (Wildman–Crippen LogP) is 1.27. The van der Waals surface area contributed by atoms with E-state index < -0.39 is 16.0 Å². The Balaban J connectivity index is 1.94. The van der Waals surface area contributed by atoms with Gasteiger partial charge in [0.25, 0.3) is 10.0 Å². The zero-order valence-corrected chi connectivity index (χ0v) is 14.2. The molecule has 2 rings (SSSR count). The summed E-state index contributed by atoms with van der Waals surface area (Å²) in [5, 5.41) is 10.4. The van der Waals surface area contributed by atoms with Gasteiger partial charge in [0.1, 0.15) is 4.21 Å². The van der Waals surface area contributed by atoms with Gasteiger partial charge in [-0.05, 0) is 37.1 Å². The van der Waals surface area contributed by atoms with Gasteiger partial charge in [-0.2, -0.15) is 0 Å². The molecule has 23 heavy (non-hydrogen) atoms. The van der Waals surface area contributed by atoms with E-state index in [1.807, 2.05) is 0 Å². The smallest absolute Gasteiger partial charge is 0.303 e. The summed E-state index contributed by atoms with van der Waals surface area (Å²) in [6.45, 7) is 0.244. The van der Waals surface area contributed by atoms with E-state index in [1.54, 1.807) is 16.3 Å². The Morgan fingerprint density at radius 1 is 1.39 bits per heavy atom. The largest absolute Gasteiger partial charge is 0.481 e. The summed E-state index contributed by atoms with van der Waals surface area (Å²) < 4.78 is 26.5. The second-order valence-corrected chi connectivity index (χ2v) is 8.37. The van der Waals surface area contributed by atoms with Crippen molar-refractivity contribution in [2.75, 3.05) is 13.1 Å². The van der Waals surface area contributed by atoms with Gasteiger partial charge in [0.15, 0.2) is 0 Å². The lowest BCUT2D eigenvalue weighted by molar-refractivity contribution is -0.139. The Kier molecular flexibility index (Phi) is 6.14. The third-order valence-corrected chi connectivity index (χ3v) is 6.61. The van der Waals surface area contributed by atoms with Gasteiger partial charge >= 0.3 is 5.97 Å². The number of piperidine rings is 1. The summed E-state index contributed by atoms with van der Waals surface area (Å²) in [6, 6.07) is 2.99. The van der Waals surface area contributed by atoms with E-state index in [1.165, 1.54) is 6.07 Å². The average Bonchev–Trinajstić information content (AvgIpc) is 3.06. The molecule has 1 fully saturated rings. The fraction of sp³-hybridized carbons (Fsp3) is 0.571. The van der Waals surface area contributed by atoms with Crippen LogP contribution in [0.1, 0.15) is 32.1 Å². The van der Waals surface area contributed by atoms with Gasteiger partial charge in [0.2, 0.25) is 5.91 Å². The highest BCUT2D eigenvalue weighted by Crippen LogP contribution is 2.21. The molecule has 0 radical (unpaired) electrons. The molecule has 1 atom stereocenters. The van der Waals surface area contributed by atoms with Crippen molar-refractivity contribution in [3.05, 3.63) is 17.5 Å². The van der Waals surface area contributed by atoms with E-state index in [0.29, 0.717) is 13.0 Å². The number of sulfonamides is 1. The van der Waals surface area contributed by atoms with E-state index in [0.717, 1.165) is 30.6 Å². The number of likely N-dealkylation sites (tertiary alicyclic amines) is 1. The molecule has 7 nitrogen and oxygen atoms in total. The predicted molar refractivity (Wildman–Crippen MR) is 85.7 cm³/mol. The number of carboxylic acids is 1. The molecule has 1 aliphatic rings. The van der Waals surface area contributed by atoms with Crippen LogP contribution in [0, 0.1) is 0 Å². The molecular formula is C14H20N2O5S2. The Hall–Kier alpha value is -1.45. The lowest BCUT2D eigenvalue weighted by Crippen LogP contribution is -2.48. The maximum absolute atomic E-state index is 12.3. The molecular weight excluding hydrogens is 340 g/mol. The van der Waals surface area contributed by atoms with Gasteiger partial charge in [-0.25, -0.2) is 13.1 Å². The van der Waals surface area contributed by atoms with Crippen LogP contribution in [0.2, 0.25) is 0 Å². The topological polar surface area (TPSA) is 104 Å². The average molecular weight is 360 g/mol.